The molecule has 2 nitrogen and oxygen atoms in total. The Bertz CT molecular complexity index is 305. The van der Waals surface area contributed by atoms with E-state index in [0.717, 1.165) is 13.0 Å². The molecule has 0 amide bonds. The fourth-order valence-corrected chi connectivity index (χ4v) is 2.29. The van der Waals surface area contributed by atoms with E-state index in [1.165, 1.54) is 17.7 Å². The molecule has 76 valence electrons. The first kappa shape index (κ1) is 9.87. The standard InChI is InChI=1S/C11H16N2S/c1-11(5-3-2-4-6-11)13-8-10-7-12-9-14-10/h2-3,7,9,13H,4-6,8H2,1H3. The van der Waals surface area contributed by atoms with Crippen LogP contribution in [0.25, 0.3) is 0 Å². The maximum atomic E-state index is 4.07. The molecule has 2 rings (SSSR count). The highest BCUT2D eigenvalue weighted by atomic mass is 32.1. The largest absolute Gasteiger partial charge is 0.306 e. The van der Waals surface area contributed by atoms with E-state index >= 15 is 0 Å². The number of rotatable bonds is 3. The van der Waals surface area contributed by atoms with Gasteiger partial charge < -0.3 is 5.32 Å². The third-order valence-corrected chi connectivity index (χ3v) is 3.55. The number of allylic oxidation sites excluding steroid dienone is 1. The SMILES string of the molecule is CC1(NCc2cncs2)CC=CCC1. The van der Waals surface area contributed by atoms with Gasteiger partial charge >= 0.3 is 0 Å². The summed E-state index contributed by atoms with van der Waals surface area (Å²) >= 11 is 1.72. The van der Waals surface area contributed by atoms with Crippen molar-refractivity contribution in [3.8, 4) is 0 Å². The van der Waals surface area contributed by atoms with E-state index in [0.29, 0.717) is 5.54 Å². The van der Waals surface area contributed by atoms with Crippen molar-refractivity contribution in [2.45, 2.75) is 38.3 Å². The summed E-state index contributed by atoms with van der Waals surface area (Å²) in [4.78, 5) is 5.39. The Balaban J connectivity index is 1.88. The highest BCUT2D eigenvalue weighted by Gasteiger charge is 2.23. The van der Waals surface area contributed by atoms with Crippen molar-refractivity contribution in [1.82, 2.24) is 10.3 Å². The Kier molecular flexibility index (Phi) is 2.99. The minimum absolute atomic E-state index is 0.290. The third-order valence-electron chi connectivity index (χ3n) is 2.77. The molecule has 1 heterocycles. The summed E-state index contributed by atoms with van der Waals surface area (Å²) in [7, 11) is 0. The summed E-state index contributed by atoms with van der Waals surface area (Å²) in [5.74, 6) is 0. The topological polar surface area (TPSA) is 24.9 Å². The van der Waals surface area contributed by atoms with Gasteiger partial charge in [0, 0.05) is 23.2 Å². The summed E-state index contributed by atoms with van der Waals surface area (Å²) in [5, 5.41) is 3.62. The van der Waals surface area contributed by atoms with Gasteiger partial charge in [-0.25, -0.2) is 0 Å². The minimum atomic E-state index is 0.290. The van der Waals surface area contributed by atoms with Gasteiger partial charge in [0.15, 0.2) is 0 Å². The molecule has 14 heavy (non-hydrogen) atoms. The second kappa shape index (κ2) is 4.24. The molecule has 0 bridgehead atoms. The Morgan fingerprint density at radius 2 is 2.50 bits per heavy atom. The number of nitrogens with one attached hydrogen (secondary N) is 1. The first-order valence-electron chi connectivity index (χ1n) is 5.06. The number of nitrogens with zero attached hydrogens (tertiary/aromatic N) is 1. The molecule has 1 aliphatic carbocycles. The first-order valence-corrected chi connectivity index (χ1v) is 5.94. The van der Waals surface area contributed by atoms with Crippen molar-refractivity contribution in [3.63, 3.8) is 0 Å². The van der Waals surface area contributed by atoms with E-state index in [1.807, 2.05) is 11.7 Å². The normalized spacial score (nSPS) is 26.6. The van der Waals surface area contributed by atoms with Crippen LogP contribution in [-0.2, 0) is 6.54 Å². The number of thiazole rings is 1. The lowest BCUT2D eigenvalue weighted by Crippen LogP contribution is -2.42. The van der Waals surface area contributed by atoms with Gasteiger partial charge in [-0.1, -0.05) is 12.2 Å². The lowest BCUT2D eigenvalue weighted by Gasteiger charge is -2.31. The van der Waals surface area contributed by atoms with E-state index in [4.69, 9.17) is 0 Å². The van der Waals surface area contributed by atoms with Crippen LogP contribution in [0.4, 0.5) is 0 Å². The van der Waals surface area contributed by atoms with Gasteiger partial charge in [-0.3, -0.25) is 4.98 Å². The minimum Gasteiger partial charge on any atom is -0.306 e. The van der Waals surface area contributed by atoms with Gasteiger partial charge in [0.05, 0.1) is 5.51 Å². The zero-order valence-corrected chi connectivity index (χ0v) is 9.31. The maximum Gasteiger partial charge on any atom is 0.0794 e. The Labute approximate surface area is 89.1 Å². The average molecular weight is 208 g/mol. The van der Waals surface area contributed by atoms with Gasteiger partial charge in [0.2, 0.25) is 0 Å². The quantitative estimate of drug-likeness (QED) is 0.773. The van der Waals surface area contributed by atoms with Crippen LogP contribution in [0.3, 0.4) is 0 Å². The van der Waals surface area contributed by atoms with Crippen LogP contribution in [0.5, 0.6) is 0 Å². The fourth-order valence-electron chi connectivity index (χ4n) is 1.76. The van der Waals surface area contributed by atoms with Crippen molar-refractivity contribution in [2.75, 3.05) is 0 Å². The molecular formula is C11H16N2S. The Morgan fingerprint density at radius 1 is 1.57 bits per heavy atom. The predicted octanol–water partition coefficient (Wildman–Crippen LogP) is 2.73. The molecule has 0 fully saturated rings. The molecule has 0 spiro atoms. The molecule has 1 aromatic rings. The zero-order valence-electron chi connectivity index (χ0n) is 8.49. The van der Waals surface area contributed by atoms with Crippen LogP contribution < -0.4 is 5.32 Å². The Hall–Kier alpha value is -0.670. The average Bonchev–Trinajstić information content (AvgIpc) is 2.69. The van der Waals surface area contributed by atoms with E-state index in [1.54, 1.807) is 11.3 Å². The molecule has 1 aromatic heterocycles. The Morgan fingerprint density at radius 3 is 3.14 bits per heavy atom. The van der Waals surface area contributed by atoms with E-state index in [2.05, 4.69) is 29.4 Å². The van der Waals surface area contributed by atoms with Crippen LogP contribution in [0, 0.1) is 0 Å². The van der Waals surface area contributed by atoms with Gasteiger partial charge in [-0.2, -0.15) is 0 Å². The maximum absolute atomic E-state index is 4.07. The second-order valence-electron chi connectivity index (χ2n) is 4.10. The van der Waals surface area contributed by atoms with Gasteiger partial charge in [0.25, 0.3) is 0 Å². The van der Waals surface area contributed by atoms with Gasteiger partial charge in [-0.05, 0) is 26.2 Å². The second-order valence-corrected chi connectivity index (χ2v) is 5.07. The van der Waals surface area contributed by atoms with Crippen LogP contribution in [-0.4, -0.2) is 10.5 Å². The summed E-state index contributed by atoms with van der Waals surface area (Å²) in [6.45, 7) is 3.26. The third kappa shape index (κ3) is 2.42. The molecule has 0 aromatic carbocycles. The number of hydrogen-bond acceptors (Lipinski definition) is 3. The van der Waals surface area contributed by atoms with Gasteiger partial charge in [0.1, 0.15) is 0 Å². The molecule has 1 aliphatic rings. The predicted molar refractivity (Wildman–Crippen MR) is 60.3 cm³/mol. The number of hydrogen-bond donors (Lipinski definition) is 1. The summed E-state index contributed by atoms with van der Waals surface area (Å²) < 4.78 is 0. The van der Waals surface area contributed by atoms with Crippen molar-refractivity contribution in [3.05, 3.63) is 28.7 Å². The highest BCUT2D eigenvalue weighted by molar-refractivity contribution is 7.09. The van der Waals surface area contributed by atoms with E-state index < -0.39 is 0 Å². The van der Waals surface area contributed by atoms with Crippen LogP contribution in [0.15, 0.2) is 23.9 Å². The lowest BCUT2D eigenvalue weighted by atomic mass is 9.88. The highest BCUT2D eigenvalue weighted by Crippen LogP contribution is 2.23. The lowest BCUT2D eigenvalue weighted by molar-refractivity contribution is 0.325. The van der Waals surface area contributed by atoms with Crippen LogP contribution in [0.1, 0.15) is 31.1 Å². The molecule has 0 saturated heterocycles. The van der Waals surface area contributed by atoms with Crippen LogP contribution >= 0.6 is 11.3 Å². The zero-order chi connectivity index (χ0) is 9.86. The molecule has 3 heteroatoms. The molecule has 1 N–H and O–H groups in total. The number of aromatic nitrogens is 1. The summed E-state index contributed by atoms with van der Waals surface area (Å²) in [5.41, 5.74) is 2.18. The van der Waals surface area contributed by atoms with Crippen molar-refractivity contribution in [2.24, 2.45) is 0 Å². The molecular weight excluding hydrogens is 192 g/mol. The molecule has 1 atom stereocenters. The van der Waals surface area contributed by atoms with Crippen LogP contribution in [0.2, 0.25) is 0 Å². The first-order chi connectivity index (χ1) is 6.79. The molecule has 0 saturated carbocycles. The van der Waals surface area contributed by atoms with Gasteiger partial charge in [-0.15, -0.1) is 11.3 Å². The van der Waals surface area contributed by atoms with E-state index in [-0.39, 0.29) is 0 Å². The molecule has 0 aliphatic heterocycles. The van der Waals surface area contributed by atoms with Crippen molar-refractivity contribution in [1.29, 1.82) is 0 Å². The smallest absolute Gasteiger partial charge is 0.0794 e. The molecule has 0 radical (unpaired) electrons. The van der Waals surface area contributed by atoms with Crippen molar-refractivity contribution < 1.29 is 0 Å². The fraction of sp³-hybridized carbons (Fsp3) is 0.545. The van der Waals surface area contributed by atoms with Crippen molar-refractivity contribution >= 4 is 11.3 Å². The summed E-state index contributed by atoms with van der Waals surface area (Å²) in [6.07, 6.45) is 10.1. The summed E-state index contributed by atoms with van der Waals surface area (Å²) in [6, 6.07) is 0. The molecule has 1 unspecified atom stereocenters. The van der Waals surface area contributed by atoms with E-state index in [9.17, 15) is 0 Å². The monoisotopic (exact) mass is 208 g/mol.